The van der Waals surface area contributed by atoms with E-state index in [1.54, 1.807) is 36.5 Å². The Morgan fingerprint density at radius 1 is 1.04 bits per heavy atom. The summed E-state index contributed by atoms with van der Waals surface area (Å²) in [6, 6.07) is 13.6. The van der Waals surface area contributed by atoms with Crippen LogP contribution in [0.25, 0.3) is 23.1 Å². The quantitative estimate of drug-likeness (QED) is 0.548. The maximum Gasteiger partial charge on any atom is 0.269 e. The second-order valence-electron chi connectivity index (χ2n) is 5.22. The van der Waals surface area contributed by atoms with Gasteiger partial charge in [-0.2, -0.15) is 0 Å². The van der Waals surface area contributed by atoms with Gasteiger partial charge in [0, 0.05) is 36.3 Å². The number of para-hydroxylation sites is 1. The van der Waals surface area contributed by atoms with Crippen molar-refractivity contribution in [3.05, 3.63) is 86.2 Å². The Hall–Kier alpha value is -3.21. The van der Waals surface area contributed by atoms with E-state index in [0.717, 1.165) is 11.1 Å². The molecule has 2 aromatic carbocycles. The van der Waals surface area contributed by atoms with E-state index in [2.05, 4.69) is 0 Å². The number of aromatic nitrogens is 1. The first-order valence-corrected chi connectivity index (χ1v) is 7.07. The van der Waals surface area contributed by atoms with Gasteiger partial charge in [0.15, 0.2) is 5.43 Å². The highest BCUT2D eigenvalue weighted by Gasteiger charge is 2.05. The summed E-state index contributed by atoms with van der Waals surface area (Å²) in [7, 11) is 1.89. The normalized spacial score (nSPS) is 11.2. The predicted molar refractivity (Wildman–Crippen MR) is 91.2 cm³/mol. The largest absolute Gasteiger partial charge is 0.350 e. The molecule has 0 spiro atoms. The number of benzene rings is 2. The molecule has 1 heterocycles. The molecule has 0 atom stereocenters. The van der Waals surface area contributed by atoms with Crippen LogP contribution in [0.3, 0.4) is 0 Å². The monoisotopic (exact) mass is 306 g/mol. The fraction of sp³-hybridized carbons (Fsp3) is 0.0556. The summed E-state index contributed by atoms with van der Waals surface area (Å²) in [5, 5.41) is 11.3. The average Bonchev–Trinajstić information content (AvgIpc) is 2.57. The smallest absolute Gasteiger partial charge is 0.269 e. The molecule has 0 aliphatic heterocycles. The van der Waals surface area contributed by atoms with Gasteiger partial charge in [0.1, 0.15) is 0 Å². The molecule has 23 heavy (non-hydrogen) atoms. The van der Waals surface area contributed by atoms with Crippen molar-refractivity contribution in [3.8, 4) is 0 Å². The Labute approximate surface area is 132 Å². The van der Waals surface area contributed by atoms with E-state index in [1.807, 2.05) is 29.8 Å². The molecule has 0 saturated heterocycles. The van der Waals surface area contributed by atoms with Gasteiger partial charge < -0.3 is 4.57 Å². The molecule has 114 valence electrons. The molecule has 1 aromatic heterocycles. The Morgan fingerprint density at radius 2 is 1.74 bits per heavy atom. The minimum absolute atomic E-state index is 0.0307. The molecular formula is C18H14N2O3. The van der Waals surface area contributed by atoms with Crippen LogP contribution in [0.15, 0.2) is 59.5 Å². The zero-order chi connectivity index (χ0) is 16.4. The third-order valence-corrected chi connectivity index (χ3v) is 3.68. The minimum Gasteiger partial charge on any atom is -0.350 e. The second-order valence-corrected chi connectivity index (χ2v) is 5.22. The molecule has 0 aliphatic rings. The van der Waals surface area contributed by atoms with Gasteiger partial charge in [-0.3, -0.25) is 14.9 Å². The minimum atomic E-state index is -0.438. The number of pyridine rings is 1. The lowest BCUT2D eigenvalue weighted by Gasteiger charge is -2.06. The summed E-state index contributed by atoms with van der Waals surface area (Å²) in [4.78, 5) is 22.7. The highest BCUT2D eigenvalue weighted by molar-refractivity contribution is 5.82. The zero-order valence-electron chi connectivity index (χ0n) is 12.5. The van der Waals surface area contributed by atoms with E-state index in [4.69, 9.17) is 0 Å². The summed E-state index contributed by atoms with van der Waals surface area (Å²) in [5.41, 5.74) is 2.26. The molecule has 0 bridgehead atoms. The Bertz CT molecular complexity index is 970. The molecule has 0 fully saturated rings. The first-order chi connectivity index (χ1) is 11.1. The highest BCUT2D eigenvalue weighted by atomic mass is 16.6. The number of fused-ring (bicyclic) bond motifs is 1. The average molecular weight is 306 g/mol. The van der Waals surface area contributed by atoms with Crippen molar-refractivity contribution >= 4 is 28.7 Å². The van der Waals surface area contributed by atoms with Gasteiger partial charge in [-0.15, -0.1) is 0 Å². The molecule has 5 heteroatoms. The van der Waals surface area contributed by atoms with E-state index in [0.29, 0.717) is 10.9 Å². The zero-order valence-corrected chi connectivity index (χ0v) is 12.5. The summed E-state index contributed by atoms with van der Waals surface area (Å²) in [6.07, 6.45) is 5.29. The molecule has 0 aliphatic carbocycles. The number of hydrogen-bond donors (Lipinski definition) is 0. The van der Waals surface area contributed by atoms with Crippen LogP contribution < -0.4 is 5.43 Å². The summed E-state index contributed by atoms with van der Waals surface area (Å²) >= 11 is 0. The van der Waals surface area contributed by atoms with E-state index < -0.39 is 4.92 Å². The highest BCUT2D eigenvalue weighted by Crippen LogP contribution is 2.15. The molecule has 5 nitrogen and oxygen atoms in total. The van der Waals surface area contributed by atoms with Crippen molar-refractivity contribution in [1.29, 1.82) is 0 Å². The van der Waals surface area contributed by atoms with Crippen LogP contribution >= 0.6 is 0 Å². The lowest BCUT2D eigenvalue weighted by atomic mass is 10.1. The number of nitrogens with zero attached hydrogens (tertiary/aromatic N) is 2. The number of hydrogen-bond acceptors (Lipinski definition) is 3. The SMILES string of the molecule is Cn1cc(/C=C/c2ccc([N+](=O)[O-])cc2)c(=O)c2ccccc21. The van der Waals surface area contributed by atoms with Crippen molar-refractivity contribution in [2.75, 3.05) is 0 Å². The molecule has 0 saturated carbocycles. The molecule has 0 radical (unpaired) electrons. The van der Waals surface area contributed by atoms with Gasteiger partial charge >= 0.3 is 0 Å². The van der Waals surface area contributed by atoms with Crippen LogP contribution in [0.4, 0.5) is 5.69 Å². The molecule has 0 N–H and O–H groups in total. The topological polar surface area (TPSA) is 65.1 Å². The summed E-state index contributed by atoms with van der Waals surface area (Å²) in [5.74, 6) is 0. The van der Waals surface area contributed by atoms with Crippen LogP contribution in [0, 0.1) is 10.1 Å². The first-order valence-electron chi connectivity index (χ1n) is 7.07. The molecule has 0 unspecified atom stereocenters. The Balaban J connectivity index is 1.99. The molecule has 3 aromatic rings. The number of aryl methyl sites for hydroxylation is 1. The molecular weight excluding hydrogens is 292 g/mol. The first kappa shape index (κ1) is 14.7. The van der Waals surface area contributed by atoms with Gasteiger partial charge in [0.25, 0.3) is 5.69 Å². The van der Waals surface area contributed by atoms with Crippen molar-refractivity contribution in [2.45, 2.75) is 0 Å². The van der Waals surface area contributed by atoms with Crippen molar-refractivity contribution in [3.63, 3.8) is 0 Å². The number of nitro groups is 1. The number of non-ortho nitro benzene ring substituents is 1. The maximum atomic E-state index is 12.5. The van der Waals surface area contributed by atoms with Gasteiger partial charge in [-0.05, 0) is 35.9 Å². The number of nitro benzene ring substituents is 1. The standard InChI is InChI=1S/C18H14N2O3/c1-19-12-14(18(21)16-4-2-3-5-17(16)19)9-6-13-7-10-15(11-8-13)20(22)23/h2-12H,1H3/b9-6+. The van der Waals surface area contributed by atoms with E-state index in [1.165, 1.54) is 12.1 Å². The van der Waals surface area contributed by atoms with E-state index in [-0.39, 0.29) is 11.1 Å². The Morgan fingerprint density at radius 3 is 2.43 bits per heavy atom. The van der Waals surface area contributed by atoms with Gasteiger partial charge in [0.05, 0.1) is 10.4 Å². The van der Waals surface area contributed by atoms with Crippen LogP contribution in [-0.4, -0.2) is 9.49 Å². The van der Waals surface area contributed by atoms with Crippen LogP contribution in [-0.2, 0) is 7.05 Å². The fourth-order valence-corrected chi connectivity index (χ4v) is 2.48. The summed E-state index contributed by atoms with van der Waals surface area (Å²) < 4.78 is 1.91. The third kappa shape index (κ3) is 2.89. The van der Waals surface area contributed by atoms with Crippen molar-refractivity contribution < 1.29 is 4.92 Å². The summed E-state index contributed by atoms with van der Waals surface area (Å²) in [6.45, 7) is 0. The molecule has 3 rings (SSSR count). The molecule has 0 amide bonds. The van der Waals surface area contributed by atoms with E-state index >= 15 is 0 Å². The maximum absolute atomic E-state index is 12.5. The van der Waals surface area contributed by atoms with Gasteiger partial charge in [-0.25, -0.2) is 0 Å². The van der Waals surface area contributed by atoms with Gasteiger partial charge in [-0.1, -0.05) is 18.2 Å². The van der Waals surface area contributed by atoms with Crippen molar-refractivity contribution in [2.24, 2.45) is 7.05 Å². The lowest BCUT2D eigenvalue weighted by Crippen LogP contribution is -2.10. The van der Waals surface area contributed by atoms with Crippen LogP contribution in [0.1, 0.15) is 11.1 Å². The Kier molecular flexibility index (Phi) is 3.76. The lowest BCUT2D eigenvalue weighted by molar-refractivity contribution is -0.384. The fourth-order valence-electron chi connectivity index (χ4n) is 2.48. The van der Waals surface area contributed by atoms with Crippen molar-refractivity contribution in [1.82, 2.24) is 4.57 Å². The number of rotatable bonds is 3. The third-order valence-electron chi connectivity index (χ3n) is 3.68. The van der Waals surface area contributed by atoms with E-state index in [9.17, 15) is 14.9 Å². The van der Waals surface area contributed by atoms with Gasteiger partial charge in [0.2, 0.25) is 0 Å². The van der Waals surface area contributed by atoms with Crippen LogP contribution in [0.5, 0.6) is 0 Å². The predicted octanol–water partition coefficient (Wildman–Crippen LogP) is 3.62. The second kappa shape index (κ2) is 5.88. The van der Waals surface area contributed by atoms with Crippen LogP contribution in [0.2, 0.25) is 0 Å².